The summed E-state index contributed by atoms with van der Waals surface area (Å²) < 4.78 is 5.35. The Bertz CT molecular complexity index is 1560. The van der Waals surface area contributed by atoms with Crippen molar-refractivity contribution in [3.63, 3.8) is 0 Å². The molecule has 1 saturated heterocycles. The van der Waals surface area contributed by atoms with Crippen LogP contribution in [0.3, 0.4) is 0 Å². The SMILES string of the molecule is O=C(c1ccc(CCc2ncc3c(n2)-c2ccc(Cl)cc2C(c2ccccc2Cl)=NC3)cc1)N1CCOCC1. The van der Waals surface area contributed by atoms with Crippen LogP contribution in [0, 0.1) is 0 Å². The smallest absolute Gasteiger partial charge is 0.254 e. The van der Waals surface area contributed by atoms with Crippen molar-refractivity contribution < 1.29 is 9.53 Å². The molecule has 6 nitrogen and oxygen atoms in total. The first kappa shape index (κ1) is 25.7. The van der Waals surface area contributed by atoms with Gasteiger partial charge in [-0.3, -0.25) is 9.79 Å². The zero-order valence-corrected chi connectivity index (χ0v) is 22.8. The molecule has 0 spiro atoms. The fourth-order valence-electron chi connectivity index (χ4n) is 4.98. The molecule has 1 amide bonds. The summed E-state index contributed by atoms with van der Waals surface area (Å²) in [4.78, 5) is 29.1. The van der Waals surface area contributed by atoms with Crippen LogP contribution in [0.1, 0.15) is 38.4 Å². The molecule has 39 heavy (non-hydrogen) atoms. The number of ether oxygens (including phenoxy) is 1. The van der Waals surface area contributed by atoms with Gasteiger partial charge in [-0.15, -0.1) is 0 Å². The number of aromatic nitrogens is 2. The zero-order valence-electron chi connectivity index (χ0n) is 21.2. The highest BCUT2D eigenvalue weighted by Crippen LogP contribution is 2.34. The van der Waals surface area contributed by atoms with Gasteiger partial charge in [-0.05, 0) is 42.3 Å². The van der Waals surface area contributed by atoms with Crippen LogP contribution in [0.2, 0.25) is 10.0 Å². The first-order chi connectivity index (χ1) is 19.1. The number of amides is 1. The average Bonchev–Trinajstić information content (AvgIpc) is 3.13. The van der Waals surface area contributed by atoms with Gasteiger partial charge in [-0.25, -0.2) is 9.97 Å². The summed E-state index contributed by atoms with van der Waals surface area (Å²) in [5, 5.41) is 1.26. The molecule has 0 atom stereocenters. The van der Waals surface area contributed by atoms with Gasteiger partial charge in [-0.2, -0.15) is 0 Å². The first-order valence-electron chi connectivity index (χ1n) is 13.0. The standard InChI is InChI=1S/C31H26Cl2N4O2/c32-23-10-11-24-26(17-23)30(25-3-1-2-4-27(25)33)35-19-22-18-34-28(36-29(22)24)12-7-20-5-8-21(9-6-20)31(38)37-13-15-39-16-14-37/h1-6,8-11,17-18H,7,12-16,19H2. The van der Waals surface area contributed by atoms with E-state index in [4.69, 9.17) is 37.9 Å². The predicted octanol–water partition coefficient (Wildman–Crippen LogP) is 6.06. The average molecular weight is 557 g/mol. The van der Waals surface area contributed by atoms with E-state index in [-0.39, 0.29) is 5.91 Å². The molecule has 4 aromatic rings. The number of nitrogens with zero attached hydrogens (tertiary/aromatic N) is 4. The van der Waals surface area contributed by atoms with Gasteiger partial charge in [0.1, 0.15) is 5.82 Å². The van der Waals surface area contributed by atoms with Crippen molar-refractivity contribution in [2.45, 2.75) is 19.4 Å². The van der Waals surface area contributed by atoms with Crippen molar-refractivity contribution in [1.82, 2.24) is 14.9 Å². The molecule has 0 aliphatic carbocycles. The fraction of sp³-hybridized carbons (Fsp3) is 0.226. The van der Waals surface area contributed by atoms with E-state index >= 15 is 0 Å². The molecule has 196 valence electrons. The van der Waals surface area contributed by atoms with Gasteiger partial charge in [0.2, 0.25) is 0 Å². The Morgan fingerprint density at radius 3 is 2.49 bits per heavy atom. The molecular weight excluding hydrogens is 531 g/mol. The maximum Gasteiger partial charge on any atom is 0.254 e. The van der Waals surface area contributed by atoms with E-state index in [1.807, 2.05) is 77.8 Å². The normalized spacial score (nSPS) is 14.7. The van der Waals surface area contributed by atoms with Crippen molar-refractivity contribution in [2.24, 2.45) is 4.99 Å². The van der Waals surface area contributed by atoms with Crippen LogP contribution in [0.25, 0.3) is 11.3 Å². The molecule has 0 radical (unpaired) electrons. The molecule has 0 unspecified atom stereocenters. The second-order valence-corrected chi connectivity index (χ2v) is 10.4. The number of hydrogen-bond acceptors (Lipinski definition) is 5. The summed E-state index contributed by atoms with van der Waals surface area (Å²) in [6, 6.07) is 21.3. The molecule has 1 fully saturated rings. The van der Waals surface area contributed by atoms with E-state index in [9.17, 15) is 4.79 Å². The molecule has 3 heterocycles. The molecule has 2 aliphatic rings. The molecule has 0 N–H and O–H groups in total. The second kappa shape index (κ2) is 11.3. The summed E-state index contributed by atoms with van der Waals surface area (Å²) in [5.41, 5.74) is 7.16. The summed E-state index contributed by atoms with van der Waals surface area (Å²) in [5.74, 6) is 0.806. The van der Waals surface area contributed by atoms with Gasteiger partial charge in [0.15, 0.2) is 0 Å². The lowest BCUT2D eigenvalue weighted by molar-refractivity contribution is 0.0303. The van der Waals surface area contributed by atoms with Crippen molar-refractivity contribution in [2.75, 3.05) is 26.3 Å². The van der Waals surface area contributed by atoms with Gasteiger partial charge >= 0.3 is 0 Å². The van der Waals surface area contributed by atoms with E-state index in [0.717, 1.165) is 51.5 Å². The third-order valence-electron chi connectivity index (χ3n) is 7.08. The lowest BCUT2D eigenvalue weighted by atomic mass is 9.95. The summed E-state index contributed by atoms with van der Waals surface area (Å²) in [6.07, 6.45) is 3.31. The van der Waals surface area contributed by atoms with E-state index < -0.39 is 0 Å². The van der Waals surface area contributed by atoms with Gasteiger partial charge in [0.25, 0.3) is 5.91 Å². The number of benzene rings is 3. The van der Waals surface area contributed by atoms with Crippen LogP contribution in [0.15, 0.2) is 77.9 Å². The Hall–Kier alpha value is -3.58. The molecule has 3 aromatic carbocycles. The molecular formula is C31H26Cl2N4O2. The van der Waals surface area contributed by atoms with Crippen LogP contribution in [-0.4, -0.2) is 52.8 Å². The number of hydrogen-bond donors (Lipinski definition) is 0. The minimum atomic E-state index is 0.0519. The second-order valence-electron chi connectivity index (χ2n) is 9.60. The Morgan fingerprint density at radius 1 is 0.897 bits per heavy atom. The highest BCUT2D eigenvalue weighted by molar-refractivity contribution is 6.36. The lowest BCUT2D eigenvalue weighted by Gasteiger charge is -2.26. The van der Waals surface area contributed by atoms with Crippen molar-refractivity contribution in [1.29, 1.82) is 0 Å². The number of rotatable bonds is 5. The number of carbonyl (C=O) groups is 1. The molecule has 0 saturated carbocycles. The van der Waals surface area contributed by atoms with Crippen LogP contribution in [0.5, 0.6) is 0 Å². The summed E-state index contributed by atoms with van der Waals surface area (Å²) in [6.45, 7) is 2.90. The van der Waals surface area contributed by atoms with E-state index in [1.54, 1.807) is 0 Å². The van der Waals surface area contributed by atoms with Crippen LogP contribution < -0.4 is 0 Å². The Morgan fingerprint density at radius 2 is 1.69 bits per heavy atom. The number of fused-ring (bicyclic) bond motifs is 3. The third kappa shape index (κ3) is 5.46. The quantitative estimate of drug-likeness (QED) is 0.299. The number of morpholine rings is 1. The monoisotopic (exact) mass is 556 g/mol. The van der Waals surface area contributed by atoms with Gasteiger partial charge < -0.3 is 9.64 Å². The van der Waals surface area contributed by atoms with Gasteiger partial charge in [-0.1, -0.05) is 59.6 Å². The zero-order chi connectivity index (χ0) is 26.8. The Balaban J connectivity index is 1.23. The minimum Gasteiger partial charge on any atom is -0.378 e. The topological polar surface area (TPSA) is 67.7 Å². The lowest BCUT2D eigenvalue weighted by Crippen LogP contribution is -2.40. The number of aryl methyl sites for hydroxylation is 2. The third-order valence-corrected chi connectivity index (χ3v) is 7.64. The summed E-state index contributed by atoms with van der Waals surface area (Å²) >= 11 is 13.0. The molecule has 0 bridgehead atoms. The number of carbonyl (C=O) groups excluding carboxylic acids is 1. The number of halogens is 2. The van der Waals surface area contributed by atoms with Crippen molar-refractivity contribution in [3.05, 3.63) is 117 Å². The van der Waals surface area contributed by atoms with Crippen LogP contribution >= 0.6 is 23.2 Å². The minimum absolute atomic E-state index is 0.0519. The maximum absolute atomic E-state index is 12.7. The number of aliphatic imine (C=N–C) groups is 1. The fourth-order valence-corrected chi connectivity index (χ4v) is 5.38. The Kier molecular flexibility index (Phi) is 7.42. The van der Waals surface area contributed by atoms with E-state index in [2.05, 4.69) is 4.98 Å². The maximum atomic E-state index is 12.7. The highest BCUT2D eigenvalue weighted by atomic mass is 35.5. The van der Waals surface area contributed by atoms with Crippen LogP contribution in [0.4, 0.5) is 0 Å². The molecule has 2 aliphatic heterocycles. The van der Waals surface area contributed by atoms with E-state index in [0.29, 0.717) is 54.9 Å². The molecule has 8 heteroatoms. The Labute approximate surface area is 237 Å². The van der Waals surface area contributed by atoms with Crippen molar-refractivity contribution in [3.8, 4) is 11.3 Å². The highest BCUT2D eigenvalue weighted by Gasteiger charge is 2.23. The molecule has 6 rings (SSSR count). The van der Waals surface area contributed by atoms with Gasteiger partial charge in [0, 0.05) is 63.6 Å². The first-order valence-corrected chi connectivity index (χ1v) is 13.7. The predicted molar refractivity (Wildman–Crippen MR) is 154 cm³/mol. The van der Waals surface area contributed by atoms with Crippen LogP contribution in [-0.2, 0) is 24.1 Å². The van der Waals surface area contributed by atoms with Crippen molar-refractivity contribution >= 4 is 34.8 Å². The van der Waals surface area contributed by atoms with Gasteiger partial charge in [0.05, 0.1) is 31.2 Å². The van der Waals surface area contributed by atoms with E-state index in [1.165, 1.54) is 0 Å². The molecule has 1 aromatic heterocycles. The largest absolute Gasteiger partial charge is 0.378 e. The summed E-state index contributed by atoms with van der Waals surface area (Å²) in [7, 11) is 0.